The van der Waals surface area contributed by atoms with Gasteiger partial charge in [0.2, 0.25) is 0 Å². The fraction of sp³-hybridized carbons (Fsp3) is 1.00. The second-order valence-corrected chi connectivity index (χ2v) is 2.29. The molecule has 0 saturated carbocycles. The summed E-state index contributed by atoms with van der Waals surface area (Å²) in [6.07, 6.45) is 0.451. The Bertz CT molecular complexity index is 51.4. The molecule has 0 radical (unpaired) electrons. The smallest absolute Gasteiger partial charge is 0.0613 e. The van der Waals surface area contributed by atoms with Gasteiger partial charge in [0.25, 0.3) is 0 Å². The first-order chi connectivity index (χ1) is 4.06. The number of aliphatic hydroxyl groups is 2. The predicted molar refractivity (Wildman–Crippen MR) is 56.0 cm³/mol. The highest BCUT2D eigenvalue weighted by atomic mass is 128. The van der Waals surface area contributed by atoms with Crippen molar-refractivity contribution in [3.05, 3.63) is 0 Å². The molecule has 0 aromatic carbocycles. The summed E-state index contributed by atoms with van der Waals surface area (Å²) < 4.78 is 0. The van der Waals surface area contributed by atoms with Crippen molar-refractivity contribution in [3.63, 3.8) is 0 Å². The van der Waals surface area contributed by atoms with Crippen LogP contribution in [-0.2, 0) is 0 Å². The molecule has 0 fully saturated rings. The summed E-state index contributed by atoms with van der Waals surface area (Å²) in [7, 11) is 0. The van der Waals surface area contributed by atoms with Gasteiger partial charge >= 0.3 is 0 Å². The van der Waals surface area contributed by atoms with Crippen LogP contribution < -0.4 is 0 Å². The van der Waals surface area contributed by atoms with Crippen LogP contribution in [0.15, 0.2) is 0 Å². The van der Waals surface area contributed by atoms with Gasteiger partial charge in [-0.05, 0) is 20.3 Å². The van der Waals surface area contributed by atoms with Gasteiger partial charge in [-0.2, -0.15) is 0 Å². The van der Waals surface area contributed by atoms with Crippen molar-refractivity contribution in [1.82, 2.24) is 0 Å². The molecule has 0 aromatic heterocycles. The summed E-state index contributed by atoms with van der Waals surface area (Å²) in [4.78, 5) is 0. The van der Waals surface area contributed by atoms with E-state index in [1.165, 1.54) is 0 Å². The molecule has 2 N–H and O–H groups in total. The molecule has 0 unspecified atom stereocenters. The molecular formula is C5H12I2O2. The Kier molecular flexibility index (Phi) is 10.8. The highest BCUT2D eigenvalue weighted by molar-refractivity contribution is 15.0. The lowest BCUT2D eigenvalue weighted by molar-refractivity contribution is 0.0515. The molecule has 0 spiro atoms. The first kappa shape index (κ1) is 13.0. The van der Waals surface area contributed by atoms with Gasteiger partial charge < -0.3 is 10.2 Å². The molecular weight excluding hydrogens is 346 g/mol. The zero-order valence-electron chi connectivity index (χ0n) is 5.56. The highest BCUT2D eigenvalue weighted by Gasteiger charge is 2.09. The lowest BCUT2D eigenvalue weighted by Gasteiger charge is -2.13. The average Bonchev–Trinajstić information content (AvgIpc) is 1.69. The molecule has 0 heterocycles. The minimum absolute atomic E-state index is 0.0590. The molecule has 0 aliphatic carbocycles. The van der Waals surface area contributed by atoms with Gasteiger partial charge in [-0.3, -0.25) is 0 Å². The fourth-order valence-electron chi connectivity index (χ4n) is 0.274. The van der Waals surface area contributed by atoms with E-state index >= 15 is 0 Å². The van der Waals surface area contributed by atoms with Crippen LogP contribution in [0.25, 0.3) is 0 Å². The predicted octanol–water partition coefficient (Wildman–Crippen LogP) is 1.91. The second kappa shape index (κ2) is 7.49. The van der Waals surface area contributed by atoms with Crippen LogP contribution >= 0.6 is 37.2 Å². The standard InChI is InChI=1S/C5H12O2.I2/c1-5(2,7)3-4-6;1-2/h6-7H,3-4H2,1-2H3;. The maximum absolute atomic E-state index is 8.86. The zero-order valence-corrected chi connectivity index (χ0v) is 9.88. The second-order valence-electron chi connectivity index (χ2n) is 2.29. The summed E-state index contributed by atoms with van der Waals surface area (Å²) in [5.41, 5.74) is -0.700. The van der Waals surface area contributed by atoms with E-state index in [-0.39, 0.29) is 6.61 Å². The Morgan fingerprint density at radius 1 is 1.33 bits per heavy atom. The van der Waals surface area contributed by atoms with Gasteiger partial charge in [-0.25, -0.2) is 0 Å². The zero-order chi connectivity index (χ0) is 7.91. The Balaban J connectivity index is 0. The van der Waals surface area contributed by atoms with Crippen LogP contribution in [0.3, 0.4) is 0 Å². The van der Waals surface area contributed by atoms with E-state index in [1.807, 2.05) is 0 Å². The third kappa shape index (κ3) is 17.7. The fourth-order valence-corrected chi connectivity index (χ4v) is 0.274. The Morgan fingerprint density at radius 2 is 1.67 bits per heavy atom. The van der Waals surface area contributed by atoms with Crippen LogP contribution in [0.2, 0.25) is 0 Å². The molecule has 9 heavy (non-hydrogen) atoms. The van der Waals surface area contributed by atoms with Gasteiger partial charge in [0, 0.05) is 43.8 Å². The number of rotatable bonds is 2. The van der Waals surface area contributed by atoms with E-state index in [9.17, 15) is 0 Å². The summed E-state index contributed by atoms with van der Waals surface area (Å²) in [5, 5.41) is 17.1. The molecule has 4 heteroatoms. The molecule has 0 bridgehead atoms. The quantitative estimate of drug-likeness (QED) is 0.741. The number of aliphatic hydroxyl groups excluding tert-OH is 1. The third-order valence-corrected chi connectivity index (χ3v) is 0.724. The largest absolute Gasteiger partial charge is 0.396 e. The summed E-state index contributed by atoms with van der Waals surface area (Å²) in [6, 6.07) is 0. The summed E-state index contributed by atoms with van der Waals surface area (Å²) in [5.74, 6) is 0. The van der Waals surface area contributed by atoms with Crippen LogP contribution in [0, 0.1) is 0 Å². The van der Waals surface area contributed by atoms with E-state index in [2.05, 4.69) is 37.2 Å². The van der Waals surface area contributed by atoms with Gasteiger partial charge in [0.15, 0.2) is 0 Å². The third-order valence-electron chi connectivity index (χ3n) is 0.724. The summed E-state index contributed by atoms with van der Waals surface area (Å²) >= 11 is 4.24. The van der Waals surface area contributed by atoms with Crippen molar-refractivity contribution >= 4 is 37.2 Å². The van der Waals surface area contributed by atoms with E-state index in [1.54, 1.807) is 13.8 Å². The first-order valence-corrected chi connectivity index (χ1v) is 8.82. The van der Waals surface area contributed by atoms with Crippen molar-refractivity contribution in [1.29, 1.82) is 0 Å². The molecule has 0 aliphatic rings. The van der Waals surface area contributed by atoms with E-state index < -0.39 is 5.60 Å². The van der Waals surface area contributed by atoms with E-state index in [0.717, 1.165) is 0 Å². The van der Waals surface area contributed by atoms with Crippen molar-refractivity contribution in [2.75, 3.05) is 6.61 Å². The van der Waals surface area contributed by atoms with Crippen molar-refractivity contribution < 1.29 is 10.2 Å². The van der Waals surface area contributed by atoms with Crippen molar-refractivity contribution in [3.8, 4) is 0 Å². The van der Waals surface area contributed by atoms with Crippen molar-refractivity contribution in [2.45, 2.75) is 25.9 Å². The maximum atomic E-state index is 8.86. The number of halogens is 2. The lowest BCUT2D eigenvalue weighted by atomic mass is 10.1. The average molecular weight is 358 g/mol. The minimum atomic E-state index is -0.700. The van der Waals surface area contributed by atoms with Gasteiger partial charge in [-0.15, -0.1) is 0 Å². The van der Waals surface area contributed by atoms with Gasteiger partial charge in [0.05, 0.1) is 5.60 Å². The minimum Gasteiger partial charge on any atom is -0.396 e. The summed E-state index contributed by atoms with van der Waals surface area (Å²) in [6.45, 7) is 3.40. The van der Waals surface area contributed by atoms with E-state index in [0.29, 0.717) is 6.42 Å². The van der Waals surface area contributed by atoms with Crippen LogP contribution in [0.4, 0.5) is 0 Å². The highest BCUT2D eigenvalue weighted by Crippen LogP contribution is 2.04. The van der Waals surface area contributed by atoms with Gasteiger partial charge in [0.1, 0.15) is 0 Å². The van der Waals surface area contributed by atoms with E-state index in [4.69, 9.17) is 10.2 Å². The lowest BCUT2D eigenvalue weighted by Crippen LogP contribution is -2.19. The van der Waals surface area contributed by atoms with Crippen LogP contribution in [0.1, 0.15) is 20.3 Å². The molecule has 58 valence electrons. The normalized spacial score (nSPS) is 10.0. The number of hydrogen-bond acceptors (Lipinski definition) is 2. The molecule has 0 rings (SSSR count). The SMILES string of the molecule is CC(C)(O)CCO.II. The molecule has 2 nitrogen and oxygen atoms in total. The Labute approximate surface area is 79.4 Å². The molecule has 0 aliphatic heterocycles. The van der Waals surface area contributed by atoms with Crippen LogP contribution in [-0.4, -0.2) is 22.4 Å². The number of hydrogen-bond donors (Lipinski definition) is 2. The topological polar surface area (TPSA) is 40.5 Å². The van der Waals surface area contributed by atoms with Crippen LogP contribution in [0.5, 0.6) is 0 Å². The molecule has 0 amide bonds. The molecule has 0 aromatic rings. The first-order valence-electron chi connectivity index (χ1n) is 2.54. The Morgan fingerprint density at radius 3 is 1.67 bits per heavy atom. The molecule has 0 atom stereocenters. The molecule has 0 saturated heterocycles. The monoisotopic (exact) mass is 358 g/mol. The van der Waals surface area contributed by atoms with Crippen molar-refractivity contribution in [2.24, 2.45) is 0 Å². The maximum Gasteiger partial charge on any atom is 0.0613 e. The van der Waals surface area contributed by atoms with Gasteiger partial charge in [-0.1, -0.05) is 0 Å². The Hall–Kier alpha value is 1.38.